The molecule has 33 heavy (non-hydrogen) atoms. The third kappa shape index (κ3) is 4.60. The molecule has 3 amide bonds. The van der Waals surface area contributed by atoms with Crippen molar-refractivity contribution in [3.63, 3.8) is 0 Å². The van der Waals surface area contributed by atoms with Crippen LogP contribution < -0.4 is 15.0 Å². The SMILES string of the molecule is COc1ccccc1NC(=O)COC(=O)c1cccc(N2C(=O)[C@H]3C[C@@H](C)CC[C@H]3C2=O)c1. The number of ether oxygens (including phenoxy) is 2. The van der Waals surface area contributed by atoms with Gasteiger partial charge in [-0.05, 0) is 55.5 Å². The molecule has 0 unspecified atom stereocenters. The third-order valence-corrected chi connectivity index (χ3v) is 6.24. The number of esters is 1. The first kappa shape index (κ1) is 22.5. The van der Waals surface area contributed by atoms with Crippen molar-refractivity contribution in [2.75, 3.05) is 23.9 Å². The van der Waals surface area contributed by atoms with Gasteiger partial charge >= 0.3 is 5.97 Å². The number of imide groups is 1. The molecule has 0 spiro atoms. The Kier molecular flexibility index (Phi) is 6.44. The molecule has 2 aromatic rings. The van der Waals surface area contributed by atoms with Crippen molar-refractivity contribution in [1.82, 2.24) is 0 Å². The highest BCUT2D eigenvalue weighted by Crippen LogP contribution is 2.42. The number of nitrogens with zero attached hydrogens (tertiary/aromatic N) is 1. The summed E-state index contributed by atoms with van der Waals surface area (Å²) in [6.07, 6.45) is 2.34. The summed E-state index contributed by atoms with van der Waals surface area (Å²) in [6.45, 7) is 1.60. The van der Waals surface area contributed by atoms with Crippen LogP contribution in [0.15, 0.2) is 48.5 Å². The Morgan fingerprint density at radius 3 is 2.58 bits per heavy atom. The fraction of sp³-hybridized carbons (Fsp3) is 0.360. The molecule has 2 fully saturated rings. The van der Waals surface area contributed by atoms with Crippen molar-refractivity contribution in [3.8, 4) is 5.75 Å². The Balaban J connectivity index is 1.41. The highest BCUT2D eigenvalue weighted by molar-refractivity contribution is 6.22. The van der Waals surface area contributed by atoms with Gasteiger partial charge in [0.1, 0.15) is 5.75 Å². The molecule has 1 saturated carbocycles. The van der Waals surface area contributed by atoms with Gasteiger partial charge in [-0.1, -0.05) is 25.1 Å². The van der Waals surface area contributed by atoms with Crippen LogP contribution in [0.4, 0.5) is 11.4 Å². The molecule has 0 bridgehead atoms. The number of nitrogens with one attached hydrogen (secondary N) is 1. The average molecular weight is 450 g/mol. The number of fused-ring (bicyclic) bond motifs is 1. The molecular weight excluding hydrogens is 424 g/mol. The molecule has 4 rings (SSSR count). The second-order valence-corrected chi connectivity index (χ2v) is 8.52. The Bertz CT molecular complexity index is 1100. The second kappa shape index (κ2) is 9.44. The molecule has 1 heterocycles. The number of hydrogen-bond acceptors (Lipinski definition) is 6. The van der Waals surface area contributed by atoms with Crippen LogP contribution in [0.5, 0.6) is 5.75 Å². The minimum atomic E-state index is -0.725. The third-order valence-electron chi connectivity index (χ3n) is 6.24. The van der Waals surface area contributed by atoms with Crippen LogP contribution in [0.25, 0.3) is 0 Å². The van der Waals surface area contributed by atoms with E-state index in [1.54, 1.807) is 36.4 Å². The van der Waals surface area contributed by atoms with Crippen molar-refractivity contribution >= 4 is 35.1 Å². The summed E-state index contributed by atoms with van der Waals surface area (Å²) in [7, 11) is 1.49. The minimum absolute atomic E-state index is 0.154. The number of para-hydroxylation sites is 2. The number of benzene rings is 2. The van der Waals surface area contributed by atoms with Crippen molar-refractivity contribution in [2.24, 2.45) is 17.8 Å². The van der Waals surface area contributed by atoms with Crippen molar-refractivity contribution in [1.29, 1.82) is 0 Å². The van der Waals surface area contributed by atoms with E-state index in [4.69, 9.17) is 9.47 Å². The quantitative estimate of drug-likeness (QED) is 0.535. The average Bonchev–Trinajstić information content (AvgIpc) is 3.07. The van der Waals surface area contributed by atoms with E-state index in [0.717, 1.165) is 6.42 Å². The van der Waals surface area contributed by atoms with Crippen LogP contribution in [0.3, 0.4) is 0 Å². The van der Waals surface area contributed by atoms with Gasteiger partial charge in [0.05, 0.1) is 35.9 Å². The topological polar surface area (TPSA) is 102 Å². The number of anilines is 2. The monoisotopic (exact) mass is 450 g/mol. The van der Waals surface area contributed by atoms with Gasteiger partial charge in [-0.2, -0.15) is 0 Å². The molecule has 8 heteroatoms. The zero-order chi connectivity index (χ0) is 23.5. The van der Waals surface area contributed by atoms with Crippen molar-refractivity contribution in [2.45, 2.75) is 26.2 Å². The van der Waals surface area contributed by atoms with E-state index in [0.29, 0.717) is 35.9 Å². The first-order chi connectivity index (χ1) is 15.9. The van der Waals surface area contributed by atoms with Gasteiger partial charge in [-0.15, -0.1) is 0 Å². The molecule has 8 nitrogen and oxygen atoms in total. The Morgan fingerprint density at radius 1 is 1.03 bits per heavy atom. The number of methoxy groups -OCH3 is 1. The molecule has 0 aromatic heterocycles. The highest BCUT2D eigenvalue weighted by atomic mass is 16.5. The maximum absolute atomic E-state index is 12.9. The molecule has 3 atom stereocenters. The summed E-state index contributed by atoms with van der Waals surface area (Å²) >= 11 is 0. The molecule has 0 radical (unpaired) electrons. The lowest BCUT2D eigenvalue weighted by Crippen LogP contribution is -2.31. The first-order valence-electron chi connectivity index (χ1n) is 11.0. The lowest BCUT2D eigenvalue weighted by molar-refractivity contribution is -0.122. The number of amides is 3. The molecule has 2 aromatic carbocycles. The molecule has 1 aliphatic heterocycles. The van der Waals surface area contributed by atoms with E-state index in [9.17, 15) is 19.2 Å². The molecule has 1 aliphatic carbocycles. The van der Waals surface area contributed by atoms with Crippen LogP contribution >= 0.6 is 0 Å². The second-order valence-electron chi connectivity index (χ2n) is 8.52. The Hall–Kier alpha value is -3.68. The smallest absolute Gasteiger partial charge is 0.338 e. The maximum atomic E-state index is 12.9. The van der Waals surface area contributed by atoms with E-state index in [2.05, 4.69) is 12.2 Å². The van der Waals surface area contributed by atoms with Crippen LogP contribution in [-0.2, 0) is 19.1 Å². The Labute approximate surface area is 191 Å². The maximum Gasteiger partial charge on any atom is 0.338 e. The van der Waals surface area contributed by atoms with E-state index in [1.165, 1.54) is 24.1 Å². The fourth-order valence-corrected chi connectivity index (χ4v) is 4.56. The van der Waals surface area contributed by atoms with E-state index < -0.39 is 18.5 Å². The van der Waals surface area contributed by atoms with E-state index >= 15 is 0 Å². The summed E-state index contributed by atoms with van der Waals surface area (Å²) in [5.41, 5.74) is 0.964. The van der Waals surface area contributed by atoms with Gasteiger partial charge in [0.15, 0.2) is 6.61 Å². The lowest BCUT2D eigenvalue weighted by atomic mass is 9.76. The van der Waals surface area contributed by atoms with Gasteiger partial charge in [-0.3, -0.25) is 19.3 Å². The number of rotatable bonds is 6. The standard InChI is InChI=1S/C25H26N2O6/c1-15-10-11-18-19(12-15)24(30)27(23(18)29)17-7-5-6-16(13-17)25(31)33-14-22(28)26-20-8-3-4-9-21(20)32-2/h3-9,13,15,18-19H,10-12,14H2,1-2H3,(H,26,28)/t15-,18+,19-/m0/s1. The number of hydrogen-bond donors (Lipinski definition) is 1. The van der Waals surface area contributed by atoms with Gasteiger partial charge < -0.3 is 14.8 Å². The van der Waals surface area contributed by atoms with Gasteiger partial charge in [0.25, 0.3) is 5.91 Å². The van der Waals surface area contributed by atoms with Gasteiger partial charge in [-0.25, -0.2) is 4.79 Å². The molecule has 172 valence electrons. The summed E-state index contributed by atoms with van der Waals surface area (Å²) in [5, 5.41) is 2.63. The zero-order valence-electron chi connectivity index (χ0n) is 18.6. The zero-order valence-corrected chi connectivity index (χ0v) is 18.6. The van der Waals surface area contributed by atoms with Gasteiger partial charge in [0, 0.05) is 0 Å². The number of carbonyl (C=O) groups is 4. The molecule has 1 saturated heterocycles. The highest BCUT2D eigenvalue weighted by Gasteiger charge is 2.50. The normalized spacial score (nSPS) is 22.0. The molecule has 2 aliphatic rings. The van der Waals surface area contributed by atoms with Crippen LogP contribution in [0, 0.1) is 17.8 Å². The van der Waals surface area contributed by atoms with Gasteiger partial charge in [0.2, 0.25) is 11.8 Å². The molecular formula is C25H26N2O6. The predicted octanol–water partition coefficient (Wildman–Crippen LogP) is 3.42. The summed E-state index contributed by atoms with van der Waals surface area (Å²) in [4.78, 5) is 51.8. The largest absolute Gasteiger partial charge is 0.495 e. The number of carbonyl (C=O) groups excluding carboxylic acids is 4. The fourth-order valence-electron chi connectivity index (χ4n) is 4.56. The predicted molar refractivity (Wildman–Crippen MR) is 121 cm³/mol. The Morgan fingerprint density at radius 2 is 1.79 bits per heavy atom. The summed E-state index contributed by atoms with van der Waals surface area (Å²) in [6, 6.07) is 13.1. The van der Waals surface area contributed by atoms with Crippen LogP contribution in [-0.4, -0.2) is 37.4 Å². The first-order valence-corrected chi connectivity index (χ1v) is 11.0. The van der Waals surface area contributed by atoms with Crippen LogP contribution in [0.2, 0.25) is 0 Å². The van der Waals surface area contributed by atoms with E-state index in [1.807, 2.05) is 0 Å². The summed E-state index contributed by atoms with van der Waals surface area (Å²) < 4.78 is 10.3. The minimum Gasteiger partial charge on any atom is -0.495 e. The van der Waals surface area contributed by atoms with Crippen molar-refractivity contribution < 1.29 is 28.7 Å². The van der Waals surface area contributed by atoms with E-state index in [-0.39, 0.29) is 29.2 Å². The molecule has 1 N–H and O–H groups in total. The lowest BCUT2D eigenvalue weighted by Gasteiger charge is -2.25. The van der Waals surface area contributed by atoms with Crippen molar-refractivity contribution in [3.05, 3.63) is 54.1 Å². The van der Waals surface area contributed by atoms with Crippen LogP contribution in [0.1, 0.15) is 36.5 Å². The summed E-state index contributed by atoms with van der Waals surface area (Å²) in [5.74, 6) is -1.36.